The third-order valence-corrected chi connectivity index (χ3v) is 2.98. The Morgan fingerprint density at radius 3 is 2.05 bits per heavy atom. The summed E-state index contributed by atoms with van der Waals surface area (Å²) in [5, 5.41) is 3.23. The van der Waals surface area contributed by atoms with E-state index in [2.05, 4.69) is 5.32 Å². The topological polar surface area (TPSA) is 50.8 Å². The van der Waals surface area contributed by atoms with Gasteiger partial charge in [0.15, 0.2) is 6.29 Å². The summed E-state index contributed by atoms with van der Waals surface area (Å²) in [6, 6.07) is -0.163. The van der Waals surface area contributed by atoms with E-state index in [9.17, 15) is 4.79 Å². The molecule has 0 aliphatic heterocycles. The number of hydrogen-bond acceptors (Lipinski definition) is 4. The zero-order valence-corrected chi connectivity index (χ0v) is 13.1. The Balaban J connectivity index is 4.00. The van der Waals surface area contributed by atoms with Crippen LogP contribution in [-0.2, 0) is 14.3 Å². The van der Waals surface area contributed by atoms with Crippen LogP contribution < -0.4 is 5.32 Å². The van der Waals surface area contributed by atoms with E-state index in [0.29, 0.717) is 19.8 Å². The normalized spacial score (nSPS) is 12.7. The minimum Gasteiger partial charge on any atom is -0.353 e. The highest BCUT2D eigenvalue weighted by Crippen LogP contribution is 2.01. The van der Waals surface area contributed by atoms with Gasteiger partial charge in [-0.2, -0.15) is 0 Å². The highest BCUT2D eigenvalue weighted by molar-refractivity contribution is 5.81. The largest absolute Gasteiger partial charge is 0.353 e. The summed E-state index contributed by atoms with van der Waals surface area (Å²) in [5.74, 6) is 0.148. The monoisotopic (exact) mass is 274 g/mol. The van der Waals surface area contributed by atoms with Gasteiger partial charge < -0.3 is 19.7 Å². The second-order valence-corrected chi connectivity index (χ2v) is 4.32. The predicted octanol–water partition coefficient (Wildman–Crippen LogP) is 1.62. The molecule has 0 saturated heterocycles. The third-order valence-electron chi connectivity index (χ3n) is 2.98. The van der Waals surface area contributed by atoms with Crippen LogP contribution in [0.1, 0.15) is 41.0 Å². The van der Waals surface area contributed by atoms with E-state index in [1.165, 1.54) is 0 Å². The van der Waals surface area contributed by atoms with Gasteiger partial charge in [-0.05, 0) is 34.6 Å². The van der Waals surface area contributed by atoms with E-state index < -0.39 is 0 Å². The lowest BCUT2D eigenvalue weighted by Crippen LogP contribution is -2.45. The van der Waals surface area contributed by atoms with Crippen molar-refractivity contribution >= 4 is 5.91 Å². The van der Waals surface area contributed by atoms with Gasteiger partial charge in [0.1, 0.15) is 0 Å². The van der Waals surface area contributed by atoms with Crippen molar-refractivity contribution in [3.05, 3.63) is 0 Å². The maximum Gasteiger partial charge on any atom is 0.239 e. The van der Waals surface area contributed by atoms with Gasteiger partial charge in [-0.15, -0.1) is 0 Å². The molecule has 1 N–H and O–H groups in total. The van der Waals surface area contributed by atoms with E-state index >= 15 is 0 Å². The standard InChI is InChI=1S/C14H30N2O3/c1-6-16(7-2)14(17)12(5)15-11-10-13(18-8-3)19-9-4/h12-13,15H,6-11H2,1-5H3. The molecule has 0 rings (SSSR count). The molecule has 0 saturated carbocycles. The Kier molecular flexibility index (Phi) is 10.8. The summed E-state index contributed by atoms with van der Waals surface area (Å²) in [7, 11) is 0. The van der Waals surface area contributed by atoms with E-state index in [0.717, 1.165) is 19.5 Å². The fourth-order valence-corrected chi connectivity index (χ4v) is 1.90. The van der Waals surface area contributed by atoms with Gasteiger partial charge >= 0.3 is 0 Å². The van der Waals surface area contributed by atoms with Crippen LogP contribution in [0.2, 0.25) is 0 Å². The van der Waals surface area contributed by atoms with Crippen LogP contribution in [0.5, 0.6) is 0 Å². The molecule has 1 unspecified atom stereocenters. The number of nitrogens with zero attached hydrogens (tertiary/aromatic N) is 1. The van der Waals surface area contributed by atoms with Gasteiger partial charge in [0.25, 0.3) is 0 Å². The van der Waals surface area contributed by atoms with Crippen molar-refractivity contribution < 1.29 is 14.3 Å². The Morgan fingerprint density at radius 1 is 1.11 bits per heavy atom. The predicted molar refractivity (Wildman–Crippen MR) is 77.0 cm³/mol. The molecule has 0 aromatic carbocycles. The van der Waals surface area contributed by atoms with Crippen molar-refractivity contribution in [3.63, 3.8) is 0 Å². The minimum absolute atomic E-state index is 0.148. The smallest absolute Gasteiger partial charge is 0.239 e. The van der Waals surface area contributed by atoms with E-state index in [1.54, 1.807) is 0 Å². The third kappa shape index (κ3) is 7.50. The first-order valence-electron chi connectivity index (χ1n) is 7.35. The van der Waals surface area contributed by atoms with Gasteiger partial charge in [0.05, 0.1) is 6.04 Å². The van der Waals surface area contributed by atoms with Gasteiger partial charge in [0, 0.05) is 39.3 Å². The number of hydrogen-bond donors (Lipinski definition) is 1. The number of carbonyl (C=O) groups is 1. The fourth-order valence-electron chi connectivity index (χ4n) is 1.90. The van der Waals surface area contributed by atoms with E-state index in [1.807, 2.05) is 39.5 Å². The number of carbonyl (C=O) groups excluding carboxylic acids is 1. The highest BCUT2D eigenvalue weighted by Gasteiger charge is 2.17. The number of likely N-dealkylation sites (N-methyl/N-ethyl adjacent to an activating group) is 1. The molecule has 0 radical (unpaired) electrons. The van der Waals surface area contributed by atoms with Crippen molar-refractivity contribution in [3.8, 4) is 0 Å². The van der Waals surface area contributed by atoms with Crippen molar-refractivity contribution in [2.45, 2.75) is 53.4 Å². The Morgan fingerprint density at radius 2 is 1.63 bits per heavy atom. The molecule has 1 amide bonds. The van der Waals surface area contributed by atoms with Crippen LogP contribution in [0.15, 0.2) is 0 Å². The Hall–Kier alpha value is -0.650. The average Bonchev–Trinajstić information content (AvgIpc) is 2.40. The lowest BCUT2D eigenvalue weighted by Gasteiger charge is -2.24. The van der Waals surface area contributed by atoms with Crippen LogP contribution in [0.3, 0.4) is 0 Å². The van der Waals surface area contributed by atoms with Crippen LogP contribution in [-0.4, -0.2) is 56.0 Å². The van der Waals surface area contributed by atoms with Crippen molar-refractivity contribution in [2.24, 2.45) is 0 Å². The molecule has 1 atom stereocenters. The van der Waals surface area contributed by atoms with Crippen LogP contribution in [0, 0.1) is 0 Å². The van der Waals surface area contributed by atoms with Gasteiger partial charge in [-0.25, -0.2) is 0 Å². The molecule has 0 aliphatic rings. The zero-order valence-electron chi connectivity index (χ0n) is 13.1. The molecular weight excluding hydrogens is 244 g/mol. The van der Waals surface area contributed by atoms with E-state index in [4.69, 9.17) is 9.47 Å². The molecule has 0 heterocycles. The summed E-state index contributed by atoms with van der Waals surface area (Å²) in [4.78, 5) is 13.9. The maximum atomic E-state index is 12.0. The molecule has 0 aliphatic carbocycles. The number of rotatable bonds is 11. The Bertz CT molecular complexity index is 227. The fraction of sp³-hybridized carbons (Fsp3) is 0.929. The molecule has 0 bridgehead atoms. The molecule has 0 spiro atoms. The Labute approximate surface area is 117 Å². The summed E-state index contributed by atoms with van der Waals surface area (Å²) < 4.78 is 10.9. The molecular formula is C14H30N2O3. The first-order chi connectivity index (χ1) is 9.10. The van der Waals surface area contributed by atoms with Crippen molar-refractivity contribution in [2.75, 3.05) is 32.8 Å². The molecule has 0 fully saturated rings. The highest BCUT2D eigenvalue weighted by atomic mass is 16.7. The van der Waals surface area contributed by atoms with Crippen molar-refractivity contribution in [1.29, 1.82) is 0 Å². The lowest BCUT2D eigenvalue weighted by atomic mass is 10.2. The molecule has 5 heteroatoms. The lowest BCUT2D eigenvalue weighted by molar-refractivity contribution is -0.140. The van der Waals surface area contributed by atoms with Gasteiger partial charge in [-0.1, -0.05) is 0 Å². The van der Waals surface area contributed by atoms with Crippen LogP contribution in [0.4, 0.5) is 0 Å². The number of amides is 1. The quantitative estimate of drug-likeness (QED) is 0.582. The minimum atomic E-state index is -0.182. The summed E-state index contributed by atoms with van der Waals surface area (Å²) in [5.41, 5.74) is 0. The summed E-state index contributed by atoms with van der Waals surface area (Å²) >= 11 is 0. The molecule has 19 heavy (non-hydrogen) atoms. The van der Waals surface area contributed by atoms with Crippen LogP contribution in [0.25, 0.3) is 0 Å². The number of nitrogens with one attached hydrogen (secondary N) is 1. The first-order valence-corrected chi connectivity index (χ1v) is 7.35. The summed E-state index contributed by atoms with van der Waals surface area (Å²) in [6.45, 7) is 13.3. The number of ether oxygens (including phenoxy) is 2. The van der Waals surface area contributed by atoms with Gasteiger partial charge in [0.2, 0.25) is 5.91 Å². The first kappa shape index (κ1) is 18.4. The average molecular weight is 274 g/mol. The maximum absolute atomic E-state index is 12.0. The van der Waals surface area contributed by atoms with Crippen LogP contribution >= 0.6 is 0 Å². The van der Waals surface area contributed by atoms with Crippen molar-refractivity contribution in [1.82, 2.24) is 10.2 Å². The van der Waals surface area contributed by atoms with E-state index in [-0.39, 0.29) is 18.2 Å². The molecule has 0 aromatic rings. The molecule has 5 nitrogen and oxygen atoms in total. The SMILES string of the molecule is CCOC(CCNC(C)C(=O)N(CC)CC)OCC. The second-order valence-electron chi connectivity index (χ2n) is 4.32. The molecule has 114 valence electrons. The summed E-state index contributed by atoms with van der Waals surface area (Å²) in [6.07, 6.45) is 0.565. The zero-order chi connectivity index (χ0) is 14.7. The molecule has 0 aromatic heterocycles. The second kappa shape index (κ2) is 11.2. The van der Waals surface area contributed by atoms with Gasteiger partial charge in [-0.3, -0.25) is 4.79 Å².